The van der Waals surface area contributed by atoms with Gasteiger partial charge in [0.15, 0.2) is 0 Å². The van der Waals surface area contributed by atoms with E-state index in [1.807, 2.05) is 6.07 Å². The highest BCUT2D eigenvalue weighted by molar-refractivity contribution is 9.10. The molecule has 1 aliphatic carbocycles. The van der Waals surface area contributed by atoms with Crippen molar-refractivity contribution in [3.63, 3.8) is 0 Å². The Morgan fingerprint density at radius 1 is 1.50 bits per heavy atom. The third kappa shape index (κ3) is 3.27. The van der Waals surface area contributed by atoms with Gasteiger partial charge in [-0.2, -0.15) is 0 Å². The molecule has 0 aliphatic heterocycles. The summed E-state index contributed by atoms with van der Waals surface area (Å²) in [5.74, 6) is 2.40. The van der Waals surface area contributed by atoms with Crippen LogP contribution < -0.4 is 4.90 Å². The molecule has 1 aliphatic rings. The number of aromatic carboxylic acids is 1. The van der Waals surface area contributed by atoms with Crippen molar-refractivity contribution < 1.29 is 9.90 Å². The molecule has 1 saturated carbocycles. The van der Waals surface area contributed by atoms with E-state index in [1.165, 1.54) is 12.8 Å². The molecule has 3 nitrogen and oxygen atoms in total. The smallest absolute Gasteiger partial charge is 0.335 e. The number of anilines is 1. The zero-order valence-corrected chi connectivity index (χ0v) is 11.5. The average molecular weight is 308 g/mol. The first-order valence-corrected chi connectivity index (χ1v) is 6.61. The Morgan fingerprint density at radius 3 is 2.78 bits per heavy atom. The van der Waals surface area contributed by atoms with Gasteiger partial charge < -0.3 is 10.0 Å². The van der Waals surface area contributed by atoms with Gasteiger partial charge in [0.2, 0.25) is 0 Å². The second kappa shape index (κ2) is 5.45. The molecule has 0 radical (unpaired) electrons. The molecule has 0 saturated heterocycles. The molecule has 18 heavy (non-hydrogen) atoms. The van der Waals surface area contributed by atoms with Crippen LogP contribution in [0, 0.1) is 18.3 Å². The van der Waals surface area contributed by atoms with Gasteiger partial charge in [-0.15, -0.1) is 6.42 Å². The Hall–Kier alpha value is -1.47. The zero-order valence-electron chi connectivity index (χ0n) is 9.90. The minimum Gasteiger partial charge on any atom is -0.478 e. The van der Waals surface area contributed by atoms with Gasteiger partial charge in [0, 0.05) is 16.7 Å². The van der Waals surface area contributed by atoms with Crippen LogP contribution in [0.1, 0.15) is 23.2 Å². The van der Waals surface area contributed by atoms with Crippen LogP contribution in [0.15, 0.2) is 22.7 Å². The number of benzene rings is 1. The van der Waals surface area contributed by atoms with Crippen molar-refractivity contribution >= 4 is 27.6 Å². The van der Waals surface area contributed by atoms with E-state index in [9.17, 15) is 4.79 Å². The van der Waals surface area contributed by atoms with E-state index in [0.717, 1.165) is 16.7 Å². The summed E-state index contributed by atoms with van der Waals surface area (Å²) < 4.78 is 0.759. The van der Waals surface area contributed by atoms with E-state index in [-0.39, 0.29) is 5.56 Å². The lowest BCUT2D eigenvalue weighted by molar-refractivity contribution is 0.0697. The van der Waals surface area contributed by atoms with Crippen molar-refractivity contribution in [3.05, 3.63) is 28.2 Å². The zero-order chi connectivity index (χ0) is 13.1. The summed E-state index contributed by atoms with van der Waals surface area (Å²) in [6.07, 6.45) is 7.85. The van der Waals surface area contributed by atoms with Crippen molar-refractivity contribution in [1.29, 1.82) is 0 Å². The number of terminal acetylenes is 1. The Kier molecular flexibility index (Phi) is 3.93. The predicted molar refractivity (Wildman–Crippen MR) is 74.9 cm³/mol. The fraction of sp³-hybridized carbons (Fsp3) is 0.357. The molecule has 1 N–H and O–H groups in total. The Bertz CT molecular complexity index is 503. The van der Waals surface area contributed by atoms with Gasteiger partial charge in [0.1, 0.15) is 0 Å². The van der Waals surface area contributed by atoms with E-state index >= 15 is 0 Å². The Morgan fingerprint density at radius 2 is 2.22 bits per heavy atom. The molecule has 0 atom stereocenters. The van der Waals surface area contributed by atoms with Gasteiger partial charge in [-0.25, -0.2) is 4.79 Å². The highest BCUT2D eigenvalue weighted by Crippen LogP contribution is 2.32. The molecule has 2 rings (SSSR count). The molecule has 0 amide bonds. The van der Waals surface area contributed by atoms with Crippen LogP contribution in [-0.4, -0.2) is 24.2 Å². The second-order valence-electron chi connectivity index (χ2n) is 4.53. The number of carboxylic acids is 1. The number of rotatable bonds is 5. The lowest BCUT2D eigenvalue weighted by Crippen LogP contribution is -2.26. The van der Waals surface area contributed by atoms with Gasteiger partial charge in [0.25, 0.3) is 0 Å². The first-order valence-electron chi connectivity index (χ1n) is 5.82. The van der Waals surface area contributed by atoms with Crippen molar-refractivity contribution in [1.82, 2.24) is 0 Å². The molecule has 0 heterocycles. The number of carboxylic acid groups (broad SMARTS) is 1. The molecule has 94 valence electrons. The van der Waals surface area contributed by atoms with Crippen molar-refractivity contribution in [2.75, 3.05) is 18.0 Å². The summed E-state index contributed by atoms with van der Waals surface area (Å²) in [7, 11) is 0. The maximum absolute atomic E-state index is 11.0. The molecule has 4 heteroatoms. The van der Waals surface area contributed by atoms with Crippen LogP contribution in [-0.2, 0) is 0 Å². The van der Waals surface area contributed by atoms with Crippen LogP contribution in [0.5, 0.6) is 0 Å². The van der Waals surface area contributed by atoms with Gasteiger partial charge in [0.05, 0.1) is 12.1 Å². The molecular formula is C14H14BrNO2. The van der Waals surface area contributed by atoms with E-state index in [4.69, 9.17) is 11.5 Å². The van der Waals surface area contributed by atoms with Gasteiger partial charge in [-0.05, 0) is 37.0 Å². The topological polar surface area (TPSA) is 40.5 Å². The first kappa shape index (κ1) is 13.0. The molecule has 0 bridgehead atoms. The molecular weight excluding hydrogens is 294 g/mol. The maximum atomic E-state index is 11.0. The number of hydrogen-bond donors (Lipinski definition) is 1. The van der Waals surface area contributed by atoms with E-state index in [0.29, 0.717) is 12.5 Å². The lowest BCUT2D eigenvalue weighted by Gasteiger charge is -2.23. The molecule has 1 fully saturated rings. The fourth-order valence-corrected chi connectivity index (χ4v) is 2.34. The number of carbonyl (C=O) groups is 1. The summed E-state index contributed by atoms with van der Waals surface area (Å²) >= 11 is 3.34. The van der Waals surface area contributed by atoms with E-state index in [1.54, 1.807) is 12.1 Å². The third-order valence-corrected chi connectivity index (χ3v) is 3.41. The summed E-state index contributed by atoms with van der Waals surface area (Å²) in [4.78, 5) is 13.1. The molecule has 0 unspecified atom stereocenters. The minimum atomic E-state index is -0.926. The summed E-state index contributed by atoms with van der Waals surface area (Å²) in [5.41, 5.74) is 1.14. The number of nitrogens with zero attached hydrogens (tertiary/aromatic N) is 1. The quantitative estimate of drug-likeness (QED) is 0.850. The van der Waals surface area contributed by atoms with Crippen LogP contribution >= 0.6 is 15.9 Å². The van der Waals surface area contributed by atoms with E-state index in [2.05, 4.69) is 26.8 Å². The summed E-state index contributed by atoms with van der Waals surface area (Å²) in [5, 5.41) is 9.06. The summed E-state index contributed by atoms with van der Waals surface area (Å²) in [6.45, 7) is 1.41. The SMILES string of the molecule is C#CCN(CC1CC1)c1cc(Br)cc(C(=O)O)c1. The van der Waals surface area contributed by atoms with Crippen molar-refractivity contribution in [2.45, 2.75) is 12.8 Å². The van der Waals surface area contributed by atoms with Crippen LogP contribution in [0.4, 0.5) is 5.69 Å². The van der Waals surface area contributed by atoms with Crippen LogP contribution in [0.25, 0.3) is 0 Å². The van der Waals surface area contributed by atoms with E-state index < -0.39 is 5.97 Å². The van der Waals surface area contributed by atoms with Gasteiger partial charge in [-0.1, -0.05) is 21.9 Å². The highest BCUT2D eigenvalue weighted by atomic mass is 79.9. The highest BCUT2D eigenvalue weighted by Gasteiger charge is 2.24. The fourth-order valence-electron chi connectivity index (χ4n) is 1.86. The predicted octanol–water partition coefficient (Wildman–Crippen LogP) is 3.00. The standard InChI is InChI=1S/C14H14BrNO2/c1-2-5-16(9-10-3-4-10)13-7-11(14(17)18)6-12(15)8-13/h1,6-8,10H,3-5,9H2,(H,17,18). The van der Waals surface area contributed by atoms with Gasteiger partial charge in [-0.3, -0.25) is 0 Å². The number of halogens is 1. The normalized spacial score (nSPS) is 14.0. The largest absolute Gasteiger partial charge is 0.478 e. The van der Waals surface area contributed by atoms with Gasteiger partial charge >= 0.3 is 5.97 Å². The van der Waals surface area contributed by atoms with Crippen molar-refractivity contribution in [2.24, 2.45) is 5.92 Å². The Labute approximate surface area is 115 Å². The lowest BCUT2D eigenvalue weighted by atomic mass is 10.2. The van der Waals surface area contributed by atoms with Crippen molar-refractivity contribution in [3.8, 4) is 12.3 Å². The monoisotopic (exact) mass is 307 g/mol. The summed E-state index contributed by atoms with van der Waals surface area (Å²) in [6, 6.07) is 5.18. The average Bonchev–Trinajstić information content (AvgIpc) is 3.11. The third-order valence-electron chi connectivity index (χ3n) is 2.95. The number of hydrogen-bond acceptors (Lipinski definition) is 2. The minimum absolute atomic E-state index is 0.275. The molecule has 0 aromatic heterocycles. The Balaban J connectivity index is 2.27. The van der Waals surface area contributed by atoms with Crippen LogP contribution in [0.3, 0.4) is 0 Å². The first-order chi connectivity index (χ1) is 8.60. The van der Waals surface area contributed by atoms with Crippen LogP contribution in [0.2, 0.25) is 0 Å². The molecule has 0 spiro atoms. The molecule has 1 aromatic carbocycles. The second-order valence-corrected chi connectivity index (χ2v) is 5.45. The molecule has 1 aromatic rings. The maximum Gasteiger partial charge on any atom is 0.335 e.